The fraction of sp³-hybridized carbons (Fsp3) is 0.833. The smallest absolute Gasteiger partial charge is 0.222 e. The first-order chi connectivity index (χ1) is 9.31. The first-order valence-corrected chi connectivity index (χ1v) is 6.88. The average molecular weight is 283 g/mol. The minimum absolute atomic E-state index is 0.0506. The van der Waals surface area contributed by atoms with Gasteiger partial charge in [0.25, 0.3) is 0 Å². The van der Waals surface area contributed by atoms with Crippen molar-refractivity contribution in [3.63, 3.8) is 0 Å². The van der Waals surface area contributed by atoms with Gasteiger partial charge >= 0.3 is 0 Å². The van der Waals surface area contributed by atoms with Crippen LogP contribution in [0, 0.1) is 5.41 Å². The molecule has 0 spiro atoms. The molecule has 8 heteroatoms. The Labute approximate surface area is 119 Å². The molecule has 0 aromatic heterocycles. The summed E-state index contributed by atoms with van der Waals surface area (Å²) in [6.07, 6.45) is 0.761. The van der Waals surface area contributed by atoms with Crippen LogP contribution in [0.2, 0.25) is 0 Å². The van der Waals surface area contributed by atoms with E-state index in [2.05, 4.69) is 46.5 Å². The molecule has 114 valence electrons. The molecule has 0 radical (unpaired) electrons. The number of hydrogen-bond acceptors (Lipinski definition) is 8. The number of nitrogens with zero attached hydrogens (tertiary/aromatic N) is 3. The maximum absolute atomic E-state index is 5.87. The monoisotopic (exact) mass is 283 g/mol. The second-order valence-corrected chi connectivity index (χ2v) is 6.38. The highest BCUT2D eigenvalue weighted by Crippen LogP contribution is 2.32. The summed E-state index contributed by atoms with van der Waals surface area (Å²) in [5.74, 6) is -0.146. The van der Waals surface area contributed by atoms with E-state index in [1.807, 2.05) is 0 Å². The van der Waals surface area contributed by atoms with Crippen molar-refractivity contribution < 1.29 is 4.84 Å². The van der Waals surface area contributed by atoms with Crippen LogP contribution in [0.5, 0.6) is 0 Å². The van der Waals surface area contributed by atoms with Crippen molar-refractivity contribution in [3.8, 4) is 0 Å². The van der Waals surface area contributed by atoms with Crippen molar-refractivity contribution in [3.05, 3.63) is 0 Å². The van der Waals surface area contributed by atoms with Crippen molar-refractivity contribution in [1.82, 2.24) is 15.7 Å². The van der Waals surface area contributed by atoms with Gasteiger partial charge in [0.2, 0.25) is 5.96 Å². The largest absolute Gasteiger partial charge is 0.369 e. The van der Waals surface area contributed by atoms with E-state index in [1.54, 1.807) is 0 Å². The predicted molar refractivity (Wildman–Crippen MR) is 78.7 cm³/mol. The zero-order chi connectivity index (χ0) is 14.8. The van der Waals surface area contributed by atoms with Crippen LogP contribution in [0.3, 0.4) is 0 Å². The lowest BCUT2D eigenvalue weighted by atomic mass is 9.87. The third-order valence-electron chi connectivity index (χ3n) is 3.21. The van der Waals surface area contributed by atoms with Gasteiger partial charge in [-0.05, 0) is 5.41 Å². The zero-order valence-electron chi connectivity index (χ0n) is 12.4. The molecule has 0 aromatic carbocycles. The third kappa shape index (κ3) is 3.59. The van der Waals surface area contributed by atoms with Gasteiger partial charge in [0.15, 0.2) is 11.7 Å². The van der Waals surface area contributed by atoms with Crippen LogP contribution >= 0.6 is 0 Å². The molecule has 2 aliphatic rings. The Balaban J connectivity index is 2.31. The summed E-state index contributed by atoms with van der Waals surface area (Å²) in [5.41, 5.74) is 14.7. The van der Waals surface area contributed by atoms with Crippen LogP contribution < -0.4 is 22.3 Å². The lowest BCUT2D eigenvalue weighted by molar-refractivity contribution is 0.0250. The number of nitrogens with two attached hydrogens (primary N) is 2. The first kappa shape index (κ1) is 15.0. The number of hydroxylamine groups is 1. The fourth-order valence-electron chi connectivity index (χ4n) is 2.65. The second-order valence-electron chi connectivity index (χ2n) is 6.38. The van der Waals surface area contributed by atoms with Gasteiger partial charge in [-0.1, -0.05) is 20.8 Å². The van der Waals surface area contributed by atoms with Gasteiger partial charge in [-0.3, -0.25) is 4.90 Å². The molecule has 0 amide bonds. The van der Waals surface area contributed by atoms with Crippen LogP contribution in [0.25, 0.3) is 0 Å². The number of aliphatic imine (C=N–C) groups is 2. The van der Waals surface area contributed by atoms with Gasteiger partial charge in [-0.25, -0.2) is 10.5 Å². The van der Waals surface area contributed by atoms with E-state index in [4.69, 9.17) is 16.3 Å². The molecule has 0 bridgehead atoms. The SMILES string of the molecule is CC(C)(C)CC1(N2CCNOCC2)N=C(N)N=C(N)N1. The van der Waals surface area contributed by atoms with Crippen molar-refractivity contribution in [2.75, 3.05) is 26.2 Å². The molecule has 1 fully saturated rings. The zero-order valence-corrected chi connectivity index (χ0v) is 12.4. The topological polar surface area (TPSA) is 113 Å². The van der Waals surface area contributed by atoms with Gasteiger partial charge in [-0.15, -0.1) is 0 Å². The lowest BCUT2D eigenvalue weighted by Gasteiger charge is -2.45. The third-order valence-corrected chi connectivity index (χ3v) is 3.21. The van der Waals surface area contributed by atoms with Crippen LogP contribution in [0.4, 0.5) is 0 Å². The van der Waals surface area contributed by atoms with Crippen LogP contribution in [0.1, 0.15) is 27.2 Å². The van der Waals surface area contributed by atoms with E-state index < -0.39 is 5.79 Å². The second kappa shape index (κ2) is 5.55. The molecule has 6 N–H and O–H groups in total. The van der Waals surface area contributed by atoms with Crippen molar-refractivity contribution in [2.45, 2.75) is 33.0 Å². The molecule has 2 rings (SSSR count). The molecule has 8 nitrogen and oxygen atoms in total. The number of guanidine groups is 2. The Morgan fingerprint density at radius 3 is 2.75 bits per heavy atom. The van der Waals surface area contributed by atoms with Crippen molar-refractivity contribution >= 4 is 11.9 Å². The standard InChI is InChI=1S/C12H25N7O/c1-11(2,3)8-12(17-9(13)16-10(14)18-12)19-5-4-15-20-7-6-19/h15H,4-8H2,1-3H3,(H5,13,14,16,17,18). The molecule has 0 aromatic rings. The van der Waals surface area contributed by atoms with E-state index in [9.17, 15) is 0 Å². The van der Waals surface area contributed by atoms with E-state index in [-0.39, 0.29) is 11.4 Å². The number of hydrogen-bond donors (Lipinski definition) is 4. The van der Waals surface area contributed by atoms with Gasteiger partial charge in [0, 0.05) is 26.1 Å². The predicted octanol–water partition coefficient (Wildman–Crippen LogP) is -0.854. The quantitative estimate of drug-likeness (QED) is 0.525. The van der Waals surface area contributed by atoms with E-state index in [0.717, 1.165) is 26.1 Å². The maximum atomic E-state index is 5.87. The lowest BCUT2D eigenvalue weighted by Crippen LogP contribution is -2.65. The van der Waals surface area contributed by atoms with Crippen molar-refractivity contribution in [2.24, 2.45) is 26.9 Å². The number of nitrogens with one attached hydrogen (secondary N) is 2. The Morgan fingerprint density at radius 2 is 2.10 bits per heavy atom. The number of rotatable bonds is 2. The van der Waals surface area contributed by atoms with Gasteiger partial charge in [-0.2, -0.15) is 4.99 Å². The molecule has 2 aliphatic heterocycles. The molecular formula is C12H25N7O. The summed E-state index contributed by atoms with van der Waals surface area (Å²) in [4.78, 5) is 16.0. The fourth-order valence-corrected chi connectivity index (χ4v) is 2.65. The van der Waals surface area contributed by atoms with Gasteiger partial charge in [0.1, 0.15) is 0 Å². The Kier molecular flexibility index (Phi) is 4.17. The summed E-state index contributed by atoms with van der Waals surface area (Å²) < 4.78 is 0. The molecule has 0 saturated carbocycles. The van der Waals surface area contributed by atoms with Gasteiger partial charge in [0.05, 0.1) is 6.61 Å². The summed E-state index contributed by atoms with van der Waals surface area (Å²) in [5, 5.41) is 3.22. The van der Waals surface area contributed by atoms with E-state index in [0.29, 0.717) is 12.6 Å². The molecule has 1 atom stereocenters. The summed E-state index contributed by atoms with van der Waals surface area (Å²) >= 11 is 0. The maximum Gasteiger partial charge on any atom is 0.222 e. The van der Waals surface area contributed by atoms with Crippen molar-refractivity contribution in [1.29, 1.82) is 0 Å². The normalized spacial score (nSPS) is 29.1. The van der Waals surface area contributed by atoms with E-state index >= 15 is 0 Å². The van der Waals surface area contributed by atoms with E-state index in [1.165, 1.54) is 0 Å². The summed E-state index contributed by atoms with van der Waals surface area (Å²) in [6, 6.07) is 0. The van der Waals surface area contributed by atoms with Gasteiger partial charge < -0.3 is 21.6 Å². The van der Waals surface area contributed by atoms with Crippen LogP contribution in [-0.4, -0.2) is 48.8 Å². The molecule has 20 heavy (non-hydrogen) atoms. The molecule has 0 aliphatic carbocycles. The molecular weight excluding hydrogens is 258 g/mol. The summed E-state index contributed by atoms with van der Waals surface area (Å²) in [6.45, 7) is 9.32. The summed E-state index contributed by atoms with van der Waals surface area (Å²) in [7, 11) is 0. The highest BCUT2D eigenvalue weighted by Gasteiger charge is 2.42. The molecule has 1 saturated heterocycles. The highest BCUT2D eigenvalue weighted by molar-refractivity contribution is 5.95. The van der Waals surface area contributed by atoms with Crippen LogP contribution in [-0.2, 0) is 4.84 Å². The van der Waals surface area contributed by atoms with Crippen LogP contribution in [0.15, 0.2) is 9.98 Å². The highest BCUT2D eigenvalue weighted by atomic mass is 16.6. The minimum Gasteiger partial charge on any atom is -0.369 e. The Hall–Kier alpha value is -1.38. The Morgan fingerprint density at radius 1 is 1.35 bits per heavy atom. The molecule has 2 heterocycles. The minimum atomic E-state index is -0.663. The first-order valence-electron chi connectivity index (χ1n) is 6.88. The average Bonchev–Trinajstić information content (AvgIpc) is 2.53. The Bertz CT molecular complexity index is 407. The molecule has 1 unspecified atom stereocenters.